The van der Waals surface area contributed by atoms with E-state index in [1.54, 1.807) is 6.20 Å². The first-order valence-electron chi connectivity index (χ1n) is 8.63. The highest BCUT2D eigenvalue weighted by Gasteiger charge is 2.15. The summed E-state index contributed by atoms with van der Waals surface area (Å²) in [6, 6.07) is 11.7. The number of aliphatic hydroxyl groups is 1. The molecule has 0 spiro atoms. The highest BCUT2D eigenvalue weighted by atomic mass is 16.3. The number of pyridine rings is 1. The van der Waals surface area contributed by atoms with Crippen LogP contribution in [0.1, 0.15) is 22.5 Å². The Morgan fingerprint density at radius 3 is 2.88 bits per heavy atom. The van der Waals surface area contributed by atoms with Crippen molar-refractivity contribution in [3.8, 4) is 11.1 Å². The van der Waals surface area contributed by atoms with Crippen LogP contribution in [0.5, 0.6) is 0 Å². The first-order chi connectivity index (χ1) is 12.7. The topological polar surface area (TPSA) is 69.9 Å². The van der Waals surface area contributed by atoms with E-state index in [0.29, 0.717) is 17.9 Å². The van der Waals surface area contributed by atoms with E-state index in [0.717, 1.165) is 29.7 Å². The fourth-order valence-electron chi connectivity index (χ4n) is 3.06. The van der Waals surface area contributed by atoms with Gasteiger partial charge in [0.1, 0.15) is 11.3 Å². The second-order valence-electron chi connectivity index (χ2n) is 6.31. The standard InChI is InChI=1S/C20H20N4O2/c25-14-15-5-4-6-16(11-15)17-7-10-23-13-18(21-19(23)12-17)20(26)22-24-8-2-1-3-9-24/h1-2,4-7,10-13,25H,3,8-9,14H2,(H,22,26). The molecule has 0 atom stereocenters. The van der Waals surface area contributed by atoms with E-state index in [1.165, 1.54) is 0 Å². The zero-order valence-corrected chi connectivity index (χ0v) is 14.3. The molecule has 6 nitrogen and oxygen atoms in total. The summed E-state index contributed by atoms with van der Waals surface area (Å²) < 4.78 is 1.84. The zero-order valence-electron chi connectivity index (χ0n) is 14.3. The first-order valence-corrected chi connectivity index (χ1v) is 8.63. The lowest BCUT2D eigenvalue weighted by Gasteiger charge is -2.22. The van der Waals surface area contributed by atoms with Crippen LogP contribution in [0.25, 0.3) is 16.8 Å². The summed E-state index contributed by atoms with van der Waals surface area (Å²) in [5, 5.41) is 11.2. The Balaban J connectivity index is 1.59. The molecule has 0 unspecified atom stereocenters. The SMILES string of the molecule is O=C(NN1CC=CCC1)c1cn2ccc(-c3cccc(CO)c3)cc2n1. The van der Waals surface area contributed by atoms with Gasteiger partial charge in [-0.25, -0.2) is 9.99 Å². The lowest BCUT2D eigenvalue weighted by molar-refractivity contribution is 0.0799. The van der Waals surface area contributed by atoms with Gasteiger partial charge in [0.25, 0.3) is 5.91 Å². The lowest BCUT2D eigenvalue weighted by atomic mass is 10.0. The minimum atomic E-state index is -0.201. The maximum atomic E-state index is 12.4. The molecule has 0 saturated carbocycles. The number of imidazole rings is 1. The van der Waals surface area contributed by atoms with Crippen LogP contribution in [0.15, 0.2) is 60.9 Å². The van der Waals surface area contributed by atoms with Gasteiger partial charge in [0.05, 0.1) is 6.61 Å². The predicted molar refractivity (Wildman–Crippen MR) is 99.3 cm³/mol. The lowest BCUT2D eigenvalue weighted by Crippen LogP contribution is -2.44. The normalized spacial score (nSPS) is 14.7. The fraction of sp³-hybridized carbons (Fsp3) is 0.200. The van der Waals surface area contributed by atoms with Crippen molar-refractivity contribution < 1.29 is 9.90 Å². The molecule has 0 aliphatic carbocycles. The summed E-state index contributed by atoms with van der Waals surface area (Å²) >= 11 is 0. The molecular formula is C20H20N4O2. The number of aliphatic hydroxyl groups excluding tert-OH is 1. The van der Waals surface area contributed by atoms with Crippen LogP contribution in [0.3, 0.4) is 0 Å². The first kappa shape index (κ1) is 16.5. The molecular weight excluding hydrogens is 328 g/mol. The number of nitrogens with one attached hydrogen (secondary N) is 1. The van der Waals surface area contributed by atoms with Crippen LogP contribution in [-0.4, -0.2) is 38.5 Å². The second kappa shape index (κ2) is 7.11. The van der Waals surface area contributed by atoms with Crippen LogP contribution in [0, 0.1) is 0 Å². The molecule has 6 heteroatoms. The number of amides is 1. The molecule has 26 heavy (non-hydrogen) atoms. The van der Waals surface area contributed by atoms with E-state index in [1.807, 2.05) is 58.1 Å². The summed E-state index contributed by atoms with van der Waals surface area (Å²) in [6.07, 6.45) is 8.71. The van der Waals surface area contributed by atoms with Crippen molar-refractivity contribution in [3.63, 3.8) is 0 Å². The van der Waals surface area contributed by atoms with Crippen molar-refractivity contribution in [2.75, 3.05) is 13.1 Å². The Labute approximate surface area is 151 Å². The highest BCUT2D eigenvalue weighted by Crippen LogP contribution is 2.22. The van der Waals surface area contributed by atoms with Crippen LogP contribution >= 0.6 is 0 Å². The number of hydrogen-bond donors (Lipinski definition) is 2. The molecule has 3 aromatic rings. The number of aromatic nitrogens is 2. The van der Waals surface area contributed by atoms with Gasteiger partial charge in [0.2, 0.25) is 0 Å². The van der Waals surface area contributed by atoms with Gasteiger partial charge in [-0.15, -0.1) is 0 Å². The van der Waals surface area contributed by atoms with Crippen molar-refractivity contribution in [2.45, 2.75) is 13.0 Å². The second-order valence-corrected chi connectivity index (χ2v) is 6.31. The summed E-state index contributed by atoms with van der Waals surface area (Å²) in [6.45, 7) is 1.53. The summed E-state index contributed by atoms with van der Waals surface area (Å²) in [5.74, 6) is -0.201. The largest absolute Gasteiger partial charge is 0.392 e. The van der Waals surface area contributed by atoms with Crippen LogP contribution in [-0.2, 0) is 6.61 Å². The summed E-state index contributed by atoms with van der Waals surface area (Å²) in [4.78, 5) is 16.9. The Morgan fingerprint density at radius 2 is 2.08 bits per heavy atom. The van der Waals surface area contributed by atoms with Crippen molar-refractivity contribution >= 4 is 11.6 Å². The minimum absolute atomic E-state index is 0.00939. The van der Waals surface area contributed by atoms with Gasteiger partial charge in [-0.1, -0.05) is 30.4 Å². The maximum Gasteiger partial charge on any atom is 0.285 e. The van der Waals surface area contributed by atoms with Crippen molar-refractivity contribution in [3.05, 3.63) is 72.2 Å². The number of hydrazine groups is 1. The molecule has 1 aliphatic rings. The van der Waals surface area contributed by atoms with Gasteiger partial charge in [-0.05, 0) is 41.3 Å². The van der Waals surface area contributed by atoms with Crippen LogP contribution in [0.4, 0.5) is 0 Å². The molecule has 4 rings (SSSR count). The monoisotopic (exact) mass is 348 g/mol. The average molecular weight is 348 g/mol. The molecule has 2 N–H and O–H groups in total. The van der Waals surface area contributed by atoms with E-state index < -0.39 is 0 Å². The summed E-state index contributed by atoms with van der Waals surface area (Å²) in [7, 11) is 0. The molecule has 1 aromatic carbocycles. The molecule has 3 heterocycles. The van der Waals surface area contributed by atoms with Gasteiger partial charge in [0, 0.05) is 25.5 Å². The van der Waals surface area contributed by atoms with E-state index in [2.05, 4.69) is 16.5 Å². The number of carbonyl (C=O) groups excluding carboxylic acids is 1. The Morgan fingerprint density at radius 1 is 1.19 bits per heavy atom. The molecule has 2 aromatic heterocycles. The maximum absolute atomic E-state index is 12.4. The van der Waals surface area contributed by atoms with Crippen molar-refractivity contribution in [1.82, 2.24) is 19.8 Å². The van der Waals surface area contributed by atoms with Crippen LogP contribution in [0.2, 0.25) is 0 Å². The third kappa shape index (κ3) is 3.37. The van der Waals surface area contributed by atoms with Gasteiger partial charge >= 0.3 is 0 Å². The molecule has 0 fully saturated rings. The van der Waals surface area contributed by atoms with Gasteiger partial charge in [-0.3, -0.25) is 10.2 Å². The molecule has 1 aliphatic heterocycles. The zero-order chi connectivity index (χ0) is 17.9. The molecule has 1 amide bonds. The number of benzene rings is 1. The Hall–Kier alpha value is -2.96. The fourth-order valence-corrected chi connectivity index (χ4v) is 3.06. The van der Waals surface area contributed by atoms with Crippen LogP contribution < -0.4 is 5.43 Å². The molecule has 132 valence electrons. The third-order valence-electron chi connectivity index (χ3n) is 4.45. The number of fused-ring (bicyclic) bond motifs is 1. The number of rotatable bonds is 4. The minimum Gasteiger partial charge on any atom is -0.392 e. The Bertz CT molecular complexity index is 977. The van der Waals surface area contributed by atoms with Crippen molar-refractivity contribution in [2.24, 2.45) is 0 Å². The van der Waals surface area contributed by atoms with Gasteiger partial charge in [-0.2, -0.15) is 0 Å². The summed E-state index contributed by atoms with van der Waals surface area (Å²) in [5.41, 5.74) is 6.86. The Kier molecular flexibility index (Phi) is 4.51. The van der Waals surface area contributed by atoms with E-state index >= 15 is 0 Å². The predicted octanol–water partition coefficient (Wildman–Crippen LogP) is 2.40. The number of hydrogen-bond acceptors (Lipinski definition) is 4. The van der Waals surface area contributed by atoms with Gasteiger partial charge < -0.3 is 9.51 Å². The van der Waals surface area contributed by atoms with Crippen molar-refractivity contribution in [1.29, 1.82) is 0 Å². The molecule has 0 radical (unpaired) electrons. The molecule has 0 saturated heterocycles. The average Bonchev–Trinajstić information content (AvgIpc) is 3.12. The van der Waals surface area contributed by atoms with Gasteiger partial charge in [0.15, 0.2) is 0 Å². The van der Waals surface area contributed by atoms with E-state index in [4.69, 9.17) is 0 Å². The van der Waals surface area contributed by atoms with E-state index in [9.17, 15) is 9.90 Å². The quantitative estimate of drug-likeness (QED) is 0.711. The number of nitrogens with zero attached hydrogens (tertiary/aromatic N) is 3. The number of carbonyl (C=O) groups is 1. The van der Waals surface area contributed by atoms with E-state index in [-0.39, 0.29) is 12.5 Å². The molecule has 0 bridgehead atoms. The third-order valence-corrected chi connectivity index (χ3v) is 4.45. The smallest absolute Gasteiger partial charge is 0.285 e. The highest BCUT2D eigenvalue weighted by molar-refractivity contribution is 5.92.